The van der Waals surface area contributed by atoms with E-state index in [-0.39, 0.29) is 17.7 Å². The van der Waals surface area contributed by atoms with E-state index in [0.717, 1.165) is 12.8 Å². The molecule has 2 amide bonds. The first-order valence-electron chi connectivity index (χ1n) is 7.26. The number of anilines is 1. The molecule has 0 bridgehead atoms. The number of hydrogen-bond acceptors (Lipinski definition) is 4. The molecule has 0 radical (unpaired) electrons. The van der Waals surface area contributed by atoms with Crippen molar-refractivity contribution in [3.63, 3.8) is 0 Å². The van der Waals surface area contributed by atoms with Gasteiger partial charge in [0.05, 0.1) is 24.1 Å². The Labute approximate surface area is 127 Å². The number of hydrogen-bond donors (Lipinski definition) is 1. The minimum Gasteiger partial charge on any atom is -0.459 e. The Hall–Kier alpha value is -2.57. The lowest BCUT2D eigenvalue weighted by Crippen LogP contribution is -2.43. The number of carbonyl (C=O) groups is 2. The van der Waals surface area contributed by atoms with Crippen LogP contribution in [0.2, 0.25) is 0 Å². The number of furan rings is 1. The molecule has 1 atom stereocenters. The number of aromatic nitrogens is 2. The molecule has 1 aliphatic rings. The van der Waals surface area contributed by atoms with Gasteiger partial charge in [-0.25, -0.2) is 0 Å². The highest BCUT2D eigenvalue weighted by molar-refractivity contribution is 5.94. The fraction of sp³-hybridized carbons (Fsp3) is 0.400. The van der Waals surface area contributed by atoms with E-state index in [1.165, 1.54) is 6.26 Å². The van der Waals surface area contributed by atoms with Gasteiger partial charge in [0.2, 0.25) is 5.91 Å². The Morgan fingerprint density at radius 1 is 1.45 bits per heavy atom. The minimum absolute atomic E-state index is 0.0788. The SMILES string of the molecule is Cn1cc(NC(=O)C2CCCN(C(=O)c3ccco3)C2)cn1. The number of carbonyl (C=O) groups excluding carboxylic acids is 2. The van der Waals surface area contributed by atoms with E-state index in [1.54, 1.807) is 41.2 Å². The van der Waals surface area contributed by atoms with Crippen molar-refractivity contribution >= 4 is 17.5 Å². The average molecular weight is 302 g/mol. The second-order valence-corrected chi connectivity index (χ2v) is 5.46. The van der Waals surface area contributed by atoms with E-state index in [2.05, 4.69) is 10.4 Å². The Kier molecular flexibility index (Phi) is 3.95. The molecule has 1 unspecified atom stereocenters. The summed E-state index contributed by atoms with van der Waals surface area (Å²) in [6.07, 6.45) is 6.40. The molecule has 1 N–H and O–H groups in total. The molecule has 0 saturated carbocycles. The van der Waals surface area contributed by atoms with E-state index in [9.17, 15) is 9.59 Å². The monoisotopic (exact) mass is 302 g/mol. The van der Waals surface area contributed by atoms with Crippen molar-refractivity contribution < 1.29 is 14.0 Å². The standard InChI is InChI=1S/C15H18N4O3/c1-18-10-12(8-16-18)17-14(20)11-4-2-6-19(9-11)15(21)13-5-3-7-22-13/h3,5,7-8,10-11H,2,4,6,9H2,1H3,(H,17,20). The van der Waals surface area contributed by atoms with Gasteiger partial charge in [0.1, 0.15) is 0 Å². The van der Waals surface area contributed by atoms with Crippen molar-refractivity contribution in [2.45, 2.75) is 12.8 Å². The van der Waals surface area contributed by atoms with E-state index < -0.39 is 0 Å². The average Bonchev–Trinajstić information content (AvgIpc) is 3.18. The van der Waals surface area contributed by atoms with Gasteiger partial charge in [-0.05, 0) is 25.0 Å². The maximum atomic E-state index is 12.3. The van der Waals surface area contributed by atoms with Crippen LogP contribution in [0.4, 0.5) is 5.69 Å². The lowest BCUT2D eigenvalue weighted by Gasteiger charge is -2.31. The van der Waals surface area contributed by atoms with Crippen LogP contribution in [0.25, 0.3) is 0 Å². The minimum atomic E-state index is -0.215. The third-order valence-corrected chi connectivity index (χ3v) is 3.78. The molecule has 3 rings (SSSR count). The van der Waals surface area contributed by atoms with E-state index in [4.69, 9.17) is 4.42 Å². The summed E-state index contributed by atoms with van der Waals surface area (Å²) in [5.74, 6) is -0.144. The number of nitrogens with one attached hydrogen (secondary N) is 1. The van der Waals surface area contributed by atoms with Gasteiger partial charge in [-0.2, -0.15) is 5.10 Å². The topological polar surface area (TPSA) is 80.4 Å². The summed E-state index contributed by atoms with van der Waals surface area (Å²) < 4.78 is 6.77. The van der Waals surface area contributed by atoms with E-state index in [1.807, 2.05) is 0 Å². The molecular formula is C15H18N4O3. The Morgan fingerprint density at radius 2 is 2.32 bits per heavy atom. The van der Waals surface area contributed by atoms with Crippen molar-refractivity contribution in [3.8, 4) is 0 Å². The van der Waals surface area contributed by atoms with Crippen LogP contribution in [0.3, 0.4) is 0 Å². The zero-order valence-electron chi connectivity index (χ0n) is 12.4. The van der Waals surface area contributed by atoms with Crippen molar-refractivity contribution in [2.24, 2.45) is 13.0 Å². The molecular weight excluding hydrogens is 284 g/mol. The first kappa shape index (κ1) is 14.4. The fourth-order valence-electron chi connectivity index (χ4n) is 2.66. The van der Waals surface area contributed by atoms with Crippen LogP contribution in [0.5, 0.6) is 0 Å². The van der Waals surface area contributed by atoms with E-state index in [0.29, 0.717) is 24.5 Å². The van der Waals surface area contributed by atoms with Crippen LogP contribution < -0.4 is 5.32 Å². The molecule has 2 aromatic heterocycles. The van der Waals surface area contributed by atoms with Crippen LogP contribution in [-0.4, -0.2) is 39.6 Å². The first-order chi connectivity index (χ1) is 10.6. The summed E-state index contributed by atoms with van der Waals surface area (Å²) in [4.78, 5) is 26.3. The van der Waals surface area contributed by atoms with E-state index >= 15 is 0 Å². The number of nitrogens with zero attached hydrogens (tertiary/aromatic N) is 3. The third kappa shape index (κ3) is 3.03. The van der Waals surface area contributed by atoms with Gasteiger partial charge in [-0.1, -0.05) is 0 Å². The molecule has 22 heavy (non-hydrogen) atoms. The smallest absolute Gasteiger partial charge is 0.289 e. The molecule has 1 fully saturated rings. The Bertz CT molecular complexity index is 662. The summed E-state index contributed by atoms with van der Waals surface area (Å²) in [7, 11) is 1.79. The number of amides is 2. The molecule has 7 heteroatoms. The second kappa shape index (κ2) is 6.05. The lowest BCUT2D eigenvalue weighted by atomic mass is 9.97. The van der Waals surface area contributed by atoms with Gasteiger partial charge in [0.15, 0.2) is 5.76 Å². The zero-order chi connectivity index (χ0) is 15.5. The first-order valence-corrected chi connectivity index (χ1v) is 7.26. The molecule has 0 aromatic carbocycles. The number of aryl methyl sites for hydroxylation is 1. The van der Waals surface area contributed by atoms with Crippen molar-refractivity contribution in [3.05, 3.63) is 36.5 Å². The predicted molar refractivity (Wildman–Crippen MR) is 79.2 cm³/mol. The molecule has 0 spiro atoms. The molecule has 2 aromatic rings. The molecule has 0 aliphatic carbocycles. The van der Waals surface area contributed by atoms with Crippen LogP contribution in [0.15, 0.2) is 35.2 Å². The highest BCUT2D eigenvalue weighted by Crippen LogP contribution is 2.20. The molecule has 116 valence electrons. The van der Waals surface area contributed by atoms with Crippen molar-refractivity contribution in [2.75, 3.05) is 18.4 Å². The van der Waals surface area contributed by atoms with Crippen LogP contribution >= 0.6 is 0 Å². The van der Waals surface area contributed by atoms with Crippen LogP contribution in [0, 0.1) is 5.92 Å². The predicted octanol–water partition coefficient (Wildman–Crippen LogP) is 1.50. The van der Waals surface area contributed by atoms with Crippen molar-refractivity contribution in [1.29, 1.82) is 0 Å². The number of rotatable bonds is 3. The summed E-state index contributed by atoms with van der Waals surface area (Å²) in [5, 5.41) is 6.86. The molecule has 1 saturated heterocycles. The largest absolute Gasteiger partial charge is 0.459 e. The Morgan fingerprint density at radius 3 is 3.00 bits per heavy atom. The molecule has 3 heterocycles. The summed E-state index contributed by atoms with van der Waals surface area (Å²) in [5.41, 5.74) is 0.669. The number of likely N-dealkylation sites (tertiary alicyclic amines) is 1. The maximum absolute atomic E-state index is 12.3. The summed E-state index contributed by atoms with van der Waals surface area (Å²) in [6.45, 7) is 1.06. The van der Waals surface area contributed by atoms with Crippen molar-refractivity contribution in [1.82, 2.24) is 14.7 Å². The highest BCUT2D eigenvalue weighted by atomic mass is 16.3. The highest BCUT2D eigenvalue weighted by Gasteiger charge is 2.30. The summed E-state index contributed by atoms with van der Waals surface area (Å²) in [6, 6.07) is 3.32. The summed E-state index contributed by atoms with van der Waals surface area (Å²) >= 11 is 0. The third-order valence-electron chi connectivity index (χ3n) is 3.78. The van der Waals surface area contributed by atoms with Gasteiger partial charge in [0.25, 0.3) is 5.91 Å². The van der Waals surface area contributed by atoms with Crippen LogP contribution in [0.1, 0.15) is 23.4 Å². The lowest BCUT2D eigenvalue weighted by molar-refractivity contribution is -0.121. The van der Waals surface area contributed by atoms with Gasteiger partial charge in [-0.3, -0.25) is 14.3 Å². The van der Waals surface area contributed by atoms with Crippen LogP contribution in [-0.2, 0) is 11.8 Å². The number of piperidine rings is 1. The second-order valence-electron chi connectivity index (χ2n) is 5.46. The molecule has 1 aliphatic heterocycles. The van der Waals surface area contributed by atoms with Gasteiger partial charge in [-0.15, -0.1) is 0 Å². The van der Waals surface area contributed by atoms with Gasteiger partial charge < -0.3 is 14.6 Å². The zero-order valence-corrected chi connectivity index (χ0v) is 12.4. The maximum Gasteiger partial charge on any atom is 0.289 e. The fourth-order valence-corrected chi connectivity index (χ4v) is 2.66. The Balaban J connectivity index is 1.62. The van der Waals surface area contributed by atoms with Gasteiger partial charge in [0, 0.05) is 26.3 Å². The van der Waals surface area contributed by atoms with Gasteiger partial charge >= 0.3 is 0 Å². The quantitative estimate of drug-likeness (QED) is 0.932. The normalized spacial score (nSPS) is 18.2. The molecule has 7 nitrogen and oxygen atoms in total.